The number of rotatable bonds is 7. The normalized spacial score (nSPS) is 12.0. The monoisotopic (exact) mass is 469 g/mol. The predicted molar refractivity (Wildman–Crippen MR) is 104 cm³/mol. The van der Waals surface area contributed by atoms with E-state index in [1.165, 1.54) is 20.0 Å². The van der Waals surface area contributed by atoms with E-state index in [-0.39, 0.29) is 27.9 Å². The standard InChI is InChI=1S/C19H17F6NO4S/c1-3-29-13-7-4-10-11(16(13)19(23,24)25)5-6-12(30-9-18(20,21)22)15(10)17(31)26(2)8-14(27)28/h4-7H,3,8-9H2,1-2H3,(H,27,28). The van der Waals surface area contributed by atoms with E-state index in [1.54, 1.807) is 0 Å². The Hall–Kier alpha value is -2.76. The maximum atomic E-state index is 13.8. The molecule has 5 nitrogen and oxygen atoms in total. The van der Waals surface area contributed by atoms with Gasteiger partial charge in [0.1, 0.15) is 28.6 Å². The van der Waals surface area contributed by atoms with Crippen molar-refractivity contribution in [2.24, 2.45) is 0 Å². The molecule has 0 unspecified atom stereocenters. The first-order valence-corrected chi connectivity index (χ1v) is 9.13. The number of ether oxygens (including phenoxy) is 2. The topological polar surface area (TPSA) is 59.0 Å². The lowest BCUT2D eigenvalue weighted by Crippen LogP contribution is -2.32. The van der Waals surface area contributed by atoms with Crippen molar-refractivity contribution in [3.8, 4) is 11.5 Å². The van der Waals surface area contributed by atoms with Gasteiger partial charge in [0.25, 0.3) is 0 Å². The lowest BCUT2D eigenvalue weighted by Gasteiger charge is -2.23. The molecule has 0 saturated heterocycles. The summed E-state index contributed by atoms with van der Waals surface area (Å²) in [7, 11) is 1.25. The first-order chi connectivity index (χ1) is 14.3. The summed E-state index contributed by atoms with van der Waals surface area (Å²) in [6, 6.07) is 4.16. The van der Waals surface area contributed by atoms with Crippen LogP contribution in [0.2, 0.25) is 0 Å². The van der Waals surface area contributed by atoms with Crippen LogP contribution in [0.1, 0.15) is 18.1 Å². The molecule has 2 aromatic carbocycles. The maximum absolute atomic E-state index is 13.8. The molecule has 0 aliphatic heterocycles. The van der Waals surface area contributed by atoms with Gasteiger partial charge in [-0.2, -0.15) is 26.3 Å². The molecule has 0 aromatic heterocycles. The maximum Gasteiger partial charge on any atom is 0.422 e. The number of thiocarbonyl (C=S) groups is 1. The molecule has 2 aromatic rings. The number of likely N-dealkylation sites (N-methyl/N-ethyl adjacent to an activating group) is 1. The number of nitrogens with zero attached hydrogens (tertiary/aromatic N) is 1. The van der Waals surface area contributed by atoms with E-state index in [1.807, 2.05) is 0 Å². The van der Waals surface area contributed by atoms with E-state index in [4.69, 9.17) is 26.8 Å². The third kappa shape index (κ3) is 5.90. The molecule has 0 heterocycles. The van der Waals surface area contributed by atoms with Gasteiger partial charge in [-0.15, -0.1) is 0 Å². The van der Waals surface area contributed by atoms with E-state index in [0.717, 1.165) is 23.1 Å². The van der Waals surface area contributed by atoms with Crippen LogP contribution in [-0.2, 0) is 11.0 Å². The Morgan fingerprint density at radius 2 is 1.61 bits per heavy atom. The summed E-state index contributed by atoms with van der Waals surface area (Å²) in [5.74, 6) is -2.18. The van der Waals surface area contributed by atoms with E-state index >= 15 is 0 Å². The van der Waals surface area contributed by atoms with Crippen molar-refractivity contribution in [1.82, 2.24) is 4.90 Å². The Bertz CT molecular complexity index is 990. The SMILES string of the molecule is CCOc1ccc2c(C(=S)N(C)CC(=O)O)c(OCC(F)(F)F)ccc2c1C(F)(F)F. The number of benzene rings is 2. The molecule has 0 radical (unpaired) electrons. The second-order valence-corrected chi connectivity index (χ2v) is 6.75. The molecule has 0 aliphatic rings. The Morgan fingerprint density at radius 3 is 2.13 bits per heavy atom. The zero-order valence-corrected chi connectivity index (χ0v) is 17.0. The molecule has 31 heavy (non-hydrogen) atoms. The molecule has 0 spiro atoms. The summed E-state index contributed by atoms with van der Waals surface area (Å²) < 4.78 is 89.2. The largest absolute Gasteiger partial charge is 0.493 e. The fourth-order valence-corrected chi connectivity index (χ4v) is 3.18. The van der Waals surface area contributed by atoms with Crippen LogP contribution < -0.4 is 9.47 Å². The Kier molecular flexibility index (Phi) is 7.25. The third-order valence-corrected chi connectivity index (χ3v) is 4.55. The molecular formula is C19H17F6NO4S. The minimum atomic E-state index is -4.84. The van der Waals surface area contributed by atoms with Crippen LogP contribution in [0.5, 0.6) is 11.5 Å². The van der Waals surface area contributed by atoms with Crippen molar-refractivity contribution in [1.29, 1.82) is 0 Å². The molecule has 0 saturated carbocycles. The first-order valence-electron chi connectivity index (χ1n) is 8.72. The van der Waals surface area contributed by atoms with Gasteiger partial charge in [0.05, 0.1) is 12.2 Å². The highest BCUT2D eigenvalue weighted by atomic mass is 32.1. The smallest absolute Gasteiger partial charge is 0.422 e. The van der Waals surface area contributed by atoms with Gasteiger partial charge < -0.3 is 19.5 Å². The summed E-state index contributed by atoms with van der Waals surface area (Å²) in [6.07, 6.45) is -9.55. The summed E-state index contributed by atoms with van der Waals surface area (Å²) >= 11 is 5.19. The highest BCUT2D eigenvalue weighted by molar-refractivity contribution is 7.80. The van der Waals surface area contributed by atoms with Crippen molar-refractivity contribution in [3.63, 3.8) is 0 Å². The number of carbonyl (C=O) groups is 1. The van der Waals surface area contributed by atoms with Crippen LogP contribution in [0.3, 0.4) is 0 Å². The van der Waals surface area contributed by atoms with E-state index < -0.39 is 48.5 Å². The number of carboxylic acid groups (broad SMARTS) is 1. The predicted octanol–water partition coefficient (Wildman–Crippen LogP) is 4.89. The molecule has 1 N–H and O–H groups in total. The molecule has 0 fully saturated rings. The van der Waals surface area contributed by atoms with Crippen LogP contribution in [0.25, 0.3) is 10.8 Å². The summed E-state index contributed by atoms with van der Waals surface area (Å²) in [4.78, 5) is 11.7. The Balaban J connectivity index is 2.79. The van der Waals surface area contributed by atoms with Gasteiger partial charge in [0.15, 0.2) is 6.61 Å². The van der Waals surface area contributed by atoms with Crippen molar-refractivity contribution in [3.05, 3.63) is 35.4 Å². The minimum absolute atomic E-state index is 0.0476. The quantitative estimate of drug-likeness (QED) is 0.460. The van der Waals surface area contributed by atoms with Crippen molar-refractivity contribution < 1.29 is 45.7 Å². The summed E-state index contributed by atoms with van der Waals surface area (Å²) in [5, 5.41) is 8.44. The van der Waals surface area contributed by atoms with Gasteiger partial charge >= 0.3 is 18.3 Å². The number of alkyl halides is 6. The van der Waals surface area contributed by atoms with Crippen LogP contribution in [0.15, 0.2) is 24.3 Å². The molecular weight excluding hydrogens is 452 g/mol. The Morgan fingerprint density at radius 1 is 1.03 bits per heavy atom. The lowest BCUT2D eigenvalue weighted by atomic mass is 9.97. The van der Waals surface area contributed by atoms with Crippen LogP contribution in [-0.4, -0.2) is 53.9 Å². The fourth-order valence-electron chi connectivity index (χ4n) is 2.90. The number of hydrogen-bond acceptors (Lipinski definition) is 4. The van der Waals surface area contributed by atoms with Crippen LogP contribution in [0, 0.1) is 0 Å². The van der Waals surface area contributed by atoms with Crippen LogP contribution in [0.4, 0.5) is 26.3 Å². The fraction of sp³-hybridized carbons (Fsp3) is 0.368. The van der Waals surface area contributed by atoms with E-state index in [2.05, 4.69) is 0 Å². The molecule has 12 heteroatoms. The van der Waals surface area contributed by atoms with Gasteiger partial charge in [0, 0.05) is 7.05 Å². The van der Waals surface area contributed by atoms with Crippen molar-refractivity contribution >= 4 is 33.9 Å². The van der Waals surface area contributed by atoms with Gasteiger partial charge in [-0.05, 0) is 42.0 Å². The molecule has 0 bridgehead atoms. The second-order valence-electron chi connectivity index (χ2n) is 6.36. The third-order valence-electron chi connectivity index (χ3n) is 4.03. The zero-order chi connectivity index (χ0) is 23.6. The van der Waals surface area contributed by atoms with Gasteiger partial charge in [-0.25, -0.2) is 0 Å². The number of carboxylic acids is 1. The second kappa shape index (κ2) is 9.16. The molecule has 0 atom stereocenters. The van der Waals surface area contributed by atoms with Crippen molar-refractivity contribution in [2.45, 2.75) is 19.3 Å². The zero-order valence-electron chi connectivity index (χ0n) is 16.2. The number of aliphatic carboxylic acids is 1. The molecule has 0 amide bonds. The average Bonchev–Trinajstić information content (AvgIpc) is 2.63. The van der Waals surface area contributed by atoms with Crippen molar-refractivity contribution in [2.75, 3.05) is 26.8 Å². The number of fused-ring (bicyclic) bond motifs is 1. The van der Waals surface area contributed by atoms with E-state index in [0.29, 0.717) is 0 Å². The minimum Gasteiger partial charge on any atom is -0.493 e. The Labute approximate surface area is 178 Å². The number of hydrogen-bond donors (Lipinski definition) is 1. The highest BCUT2D eigenvalue weighted by Crippen LogP contribution is 2.44. The van der Waals surface area contributed by atoms with Gasteiger partial charge in [0.2, 0.25) is 0 Å². The molecule has 2 rings (SSSR count). The van der Waals surface area contributed by atoms with E-state index in [9.17, 15) is 31.1 Å². The van der Waals surface area contributed by atoms with Crippen LogP contribution >= 0.6 is 12.2 Å². The molecule has 0 aliphatic carbocycles. The number of halogens is 6. The van der Waals surface area contributed by atoms with Gasteiger partial charge in [-0.1, -0.05) is 12.2 Å². The summed E-state index contributed by atoms with van der Waals surface area (Å²) in [5.41, 5.74) is -1.38. The lowest BCUT2D eigenvalue weighted by molar-refractivity contribution is -0.153. The van der Waals surface area contributed by atoms with Gasteiger partial charge in [-0.3, -0.25) is 4.79 Å². The highest BCUT2D eigenvalue weighted by Gasteiger charge is 2.37. The average molecular weight is 469 g/mol. The first kappa shape index (κ1) is 24.5. The molecule has 170 valence electrons. The summed E-state index contributed by atoms with van der Waals surface area (Å²) in [6.45, 7) is -0.884.